The largest absolute Gasteiger partial charge is 0.315 e. The maximum Gasteiger partial charge on any atom is 0.231 e. The van der Waals surface area contributed by atoms with Crippen LogP contribution in [-0.4, -0.2) is 12.9 Å². The zero-order chi connectivity index (χ0) is 11.2. The highest BCUT2D eigenvalue weighted by Gasteiger charge is 2.23. The van der Waals surface area contributed by atoms with Crippen LogP contribution in [0.3, 0.4) is 0 Å². The van der Waals surface area contributed by atoms with Crippen molar-refractivity contribution in [3.63, 3.8) is 0 Å². The predicted octanol–water partition coefficient (Wildman–Crippen LogP) is 1.86. The first-order valence-electron chi connectivity index (χ1n) is 5.01. The lowest BCUT2D eigenvalue weighted by Crippen LogP contribution is -2.20. The van der Waals surface area contributed by atoms with E-state index in [1.165, 1.54) is 0 Å². The smallest absolute Gasteiger partial charge is 0.231 e. The van der Waals surface area contributed by atoms with Crippen molar-refractivity contribution in [1.82, 2.24) is 0 Å². The molecule has 2 nitrogen and oxygen atoms in total. The van der Waals surface area contributed by atoms with Gasteiger partial charge in [-0.2, -0.15) is 0 Å². The second-order valence-corrected chi connectivity index (χ2v) is 3.12. The number of fused-ring (bicyclic) bond motifs is 1. The zero-order valence-electron chi connectivity index (χ0n) is 9.17. The molecule has 0 fully saturated rings. The van der Waals surface area contributed by atoms with Crippen LogP contribution in [0.1, 0.15) is 9.68 Å². The Kier molecular flexibility index (Phi) is 1.01. The van der Waals surface area contributed by atoms with Crippen LogP contribution < -0.4 is 4.90 Å². The summed E-state index contributed by atoms with van der Waals surface area (Å²) in [6.07, 6.45) is 0.105. The second-order valence-electron chi connectivity index (χ2n) is 2.68. The van der Waals surface area contributed by atoms with Gasteiger partial charge in [0.1, 0.15) is 0 Å². The van der Waals surface area contributed by atoms with Crippen molar-refractivity contribution in [1.29, 1.82) is 0 Å². The second kappa shape index (κ2) is 2.49. The molecule has 1 amide bonds. The fraction of sp³-hybridized carbons (Fsp3) is 0.222. The quantitative estimate of drug-likeness (QED) is 0.603. The normalized spacial score (nSPS) is 19.9. The van der Waals surface area contributed by atoms with E-state index in [1.807, 2.05) is 0 Å². The molecule has 12 heavy (non-hydrogen) atoms. The number of hydrogen-bond acceptors (Lipinski definition) is 1. The molecule has 0 saturated heterocycles. The molecular weight excluding hydrogens is 174 g/mol. The minimum absolute atomic E-state index is 0.105. The Labute approximate surface area is 80.0 Å². The average Bonchev–Trinajstić information content (AvgIpc) is 2.38. The number of amides is 1. The Morgan fingerprint density at radius 3 is 3.25 bits per heavy atom. The van der Waals surface area contributed by atoms with Crippen molar-refractivity contribution in [3.05, 3.63) is 28.8 Å². The predicted molar refractivity (Wildman–Crippen MR) is 48.6 cm³/mol. The lowest BCUT2D eigenvalue weighted by Gasteiger charge is -2.08. The molecule has 0 radical (unpaired) electrons. The number of benzene rings is 1. The van der Waals surface area contributed by atoms with E-state index in [1.54, 1.807) is 18.2 Å². The Balaban J connectivity index is 2.51. The molecule has 2 rings (SSSR count). The van der Waals surface area contributed by atoms with E-state index >= 15 is 0 Å². The van der Waals surface area contributed by atoms with E-state index in [-0.39, 0.29) is 6.42 Å². The van der Waals surface area contributed by atoms with Crippen LogP contribution in [0.25, 0.3) is 0 Å². The summed E-state index contributed by atoms with van der Waals surface area (Å²) in [4.78, 5) is 12.4. The van der Waals surface area contributed by atoms with Crippen molar-refractivity contribution < 1.29 is 8.91 Å². The van der Waals surface area contributed by atoms with E-state index in [0.29, 0.717) is 16.3 Å². The van der Waals surface area contributed by atoms with Crippen LogP contribution in [0, 0.1) is 0 Å². The van der Waals surface area contributed by atoms with Gasteiger partial charge in [-0.25, -0.2) is 0 Å². The van der Waals surface area contributed by atoms with Gasteiger partial charge in [-0.3, -0.25) is 4.79 Å². The van der Waals surface area contributed by atoms with Gasteiger partial charge < -0.3 is 4.90 Å². The molecular formula is C9H8ClNO. The summed E-state index contributed by atoms with van der Waals surface area (Å²) >= 11 is 5.76. The van der Waals surface area contributed by atoms with Crippen molar-refractivity contribution in [2.75, 3.05) is 11.9 Å². The number of anilines is 1. The summed E-state index contributed by atoms with van der Waals surface area (Å²) in [7, 11) is 0. The molecule has 0 unspecified atom stereocenters. The van der Waals surface area contributed by atoms with Crippen LogP contribution in [0.4, 0.5) is 5.69 Å². The van der Waals surface area contributed by atoms with E-state index in [2.05, 4.69) is 0 Å². The van der Waals surface area contributed by atoms with Crippen molar-refractivity contribution in [3.8, 4) is 0 Å². The number of carbonyl (C=O) groups excluding carboxylic acids is 1. The number of likely N-dealkylation sites (N-methyl/N-ethyl adjacent to an activating group) is 1. The van der Waals surface area contributed by atoms with Gasteiger partial charge in [0.25, 0.3) is 0 Å². The third kappa shape index (κ3) is 0.994. The van der Waals surface area contributed by atoms with E-state index in [9.17, 15) is 4.79 Å². The van der Waals surface area contributed by atoms with E-state index < -0.39 is 12.9 Å². The van der Waals surface area contributed by atoms with Crippen molar-refractivity contribution in [2.24, 2.45) is 0 Å². The molecule has 0 saturated carbocycles. The first-order chi connectivity index (χ1) is 6.89. The van der Waals surface area contributed by atoms with Gasteiger partial charge in [-0.1, -0.05) is 11.6 Å². The first kappa shape index (κ1) is 4.87. The lowest BCUT2D eigenvalue weighted by atomic mass is 10.2. The van der Waals surface area contributed by atoms with Crippen LogP contribution in [0.15, 0.2) is 18.2 Å². The summed E-state index contributed by atoms with van der Waals surface area (Å²) < 4.78 is 21.7. The standard InChI is InChI=1S/C9H8ClNO/c1-11-8-3-2-7(10)4-6(8)5-9(11)12/h2-4H,5H2,1H3/i1D3. The molecule has 1 aliphatic heterocycles. The number of carbonyl (C=O) groups is 1. The minimum Gasteiger partial charge on any atom is -0.315 e. The third-order valence-electron chi connectivity index (χ3n) is 1.87. The molecule has 62 valence electrons. The molecule has 1 aromatic carbocycles. The van der Waals surface area contributed by atoms with E-state index in [0.717, 1.165) is 4.90 Å². The summed E-state index contributed by atoms with van der Waals surface area (Å²) in [6, 6.07) is 4.77. The van der Waals surface area contributed by atoms with Crippen LogP contribution in [0.5, 0.6) is 0 Å². The van der Waals surface area contributed by atoms with Crippen LogP contribution >= 0.6 is 11.6 Å². The van der Waals surface area contributed by atoms with Gasteiger partial charge in [0.05, 0.1) is 6.42 Å². The van der Waals surface area contributed by atoms with Gasteiger partial charge in [-0.05, 0) is 23.8 Å². The monoisotopic (exact) mass is 184 g/mol. The summed E-state index contributed by atoms with van der Waals surface area (Å²) in [5.41, 5.74) is 1.10. The number of hydrogen-bond donors (Lipinski definition) is 0. The Bertz CT molecular complexity index is 430. The molecule has 0 aliphatic carbocycles. The van der Waals surface area contributed by atoms with Gasteiger partial charge in [-0.15, -0.1) is 0 Å². The molecule has 1 aliphatic rings. The summed E-state index contributed by atoms with van der Waals surface area (Å²) in [6.45, 7) is -2.42. The summed E-state index contributed by atoms with van der Waals surface area (Å²) in [5, 5.41) is 0.508. The van der Waals surface area contributed by atoms with Crippen molar-refractivity contribution in [2.45, 2.75) is 6.42 Å². The number of nitrogens with zero attached hydrogens (tertiary/aromatic N) is 1. The van der Waals surface area contributed by atoms with E-state index in [4.69, 9.17) is 15.7 Å². The highest BCUT2D eigenvalue weighted by atomic mass is 35.5. The third-order valence-corrected chi connectivity index (χ3v) is 2.11. The highest BCUT2D eigenvalue weighted by Crippen LogP contribution is 2.29. The van der Waals surface area contributed by atoms with Gasteiger partial charge >= 0.3 is 0 Å². The maximum atomic E-state index is 11.5. The van der Waals surface area contributed by atoms with Crippen LogP contribution in [-0.2, 0) is 11.2 Å². The van der Waals surface area contributed by atoms with Gasteiger partial charge in [0.2, 0.25) is 5.91 Å². The van der Waals surface area contributed by atoms with Crippen LogP contribution in [0.2, 0.25) is 5.02 Å². The highest BCUT2D eigenvalue weighted by molar-refractivity contribution is 6.30. The number of rotatable bonds is 0. The fourth-order valence-electron chi connectivity index (χ4n) is 1.29. The molecule has 0 atom stereocenters. The van der Waals surface area contributed by atoms with Crippen molar-refractivity contribution >= 4 is 23.2 Å². The number of halogens is 1. The Morgan fingerprint density at radius 1 is 1.67 bits per heavy atom. The molecule has 0 spiro atoms. The SMILES string of the molecule is [2H]C([2H])([2H])N1C(=O)Cc2cc(Cl)ccc21. The molecule has 0 N–H and O–H groups in total. The average molecular weight is 185 g/mol. The maximum absolute atomic E-state index is 11.5. The van der Waals surface area contributed by atoms with Gasteiger partial charge in [0, 0.05) is 21.8 Å². The minimum atomic E-state index is -2.42. The zero-order valence-corrected chi connectivity index (χ0v) is 6.93. The molecule has 1 heterocycles. The molecule has 0 aromatic heterocycles. The van der Waals surface area contributed by atoms with Gasteiger partial charge in [0.15, 0.2) is 0 Å². The molecule has 1 aromatic rings. The Morgan fingerprint density at radius 2 is 2.50 bits per heavy atom. The first-order valence-corrected chi connectivity index (χ1v) is 3.89. The lowest BCUT2D eigenvalue weighted by molar-refractivity contribution is -0.117. The molecule has 0 bridgehead atoms. The molecule has 3 heteroatoms. The Hall–Kier alpha value is -1.02. The topological polar surface area (TPSA) is 20.3 Å². The fourth-order valence-corrected chi connectivity index (χ4v) is 1.48. The summed E-state index contributed by atoms with van der Waals surface area (Å²) in [5.74, 6) is -0.410.